The Balaban J connectivity index is 1.87. The molecular formula is C24H22N2O2. The molecule has 0 atom stereocenters. The molecule has 2 N–H and O–H groups in total. The smallest absolute Gasteiger partial charge is 0.261 e. The number of benzene rings is 3. The predicted molar refractivity (Wildman–Crippen MR) is 113 cm³/mol. The second-order valence-corrected chi connectivity index (χ2v) is 6.58. The van der Waals surface area contributed by atoms with Gasteiger partial charge in [0.05, 0.1) is 0 Å². The van der Waals surface area contributed by atoms with Crippen molar-refractivity contribution in [1.29, 1.82) is 0 Å². The van der Waals surface area contributed by atoms with Crippen molar-refractivity contribution in [2.45, 2.75) is 13.8 Å². The zero-order valence-corrected chi connectivity index (χ0v) is 15.9. The fourth-order valence-corrected chi connectivity index (χ4v) is 2.62. The van der Waals surface area contributed by atoms with Crippen LogP contribution in [-0.4, -0.2) is 11.7 Å². The third kappa shape index (κ3) is 4.95. The van der Waals surface area contributed by atoms with Crippen LogP contribution in [0.25, 0.3) is 0 Å². The first kappa shape index (κ1) is 19.1. The number of anilines is 2. The van der Waals surface area contributed by atoms with Crippen LogP contribution in [0.15, 0.2) is 90.6 Å². The summed E-state index contributed by atoms with van der Waals surface area (Å²) in [5.74, 6) is -0.804. The SMILES string of the molecule is Cc1ccc(N/C=C(/C(=O)Nc2ccc(C)cc2)C(=O)c2ccccc2)cc1. The van der Waals surface area contributed by atoms with Crippen LogP contribution in [-0.2, 0) is 4.79 Å². The van der Waals surface area contributed by atoms with Crippen LogP contribution in [0.3, 0.4) is 0 Å². The van der Waals surface area contributed by atoms with Gasteiger partial charge < -0.3 is 10.6 Å². The van der Waals surface area contributed by atoms with E-state index in [4.69, 9.17) is 0 Å². The lowest BCUT2D eigenvalue weighted by molar-refractivity contribution is -0.112. The van der Waals surface area contributed by atoms with E-state index in [1.807, 2.05) is 68.4 Å². The van der Waals surface area contributed by atoms with Crippen LogP contribution in [0.4, 0.5) is 11.4 Å². The average Bonchev–Trinajstić information content (AvgIpc) is 2.72. The Hall–Kier alpha value is -3.66. The molecule has 0 aromatic heterocycles. The number of hydrogen-bond donors (Lipinski definition) is 2. The molecule has 0 radical (unpaired) electrons. The minimum atomic E-state index is -0.461. The summed E-state index contributed by atoms with van der Waals surface area (Å²) in [4.78, 5) is 25.8. The van der Waals surface area contributed by atoms with Crippen LogP contribution in [0.1, 0.15) is 21.5 Å². The second-order valence-electron chi connectivity index (χ2n) is 6.58. The standard InChI is InChI=1S/C24H22N2O2/c1-17-8-12-20(13-9-17)25-16-22(23(27)19-6-4-3-5-7-19)24(28)26-21-14-10-18(2)11-15-21/h3-16,25H,1-2H3,(H,26,28)/b22-16+. The molecule has 28 heavy (non-hydrogen) atoms. The molecule has 1 amide bonds. The summed E-state index contributed by atoms with van der Waals surface area (Å²) >= 11 is 0. The van der Waals surface area contributed by atoms with E-state index >= 15 is 0 Å². The van der Waals surface area contributed by atoms with E-state index in [1.165, 1.54) is 6.20 Å². The molecule has 3 aromatic rings. The number of rotatable bonds is 6. The summed E-state index contributed by atoms with van der Waals surface area (Å²) < 4.78 is 0. The van der Waals surface area contributed by atoms with Gasteiger partial charge in [-0.1, -0.05) is 65.7 Å². The van der Waals surface area contributed by atoms with Crippen LogP contribution in [0.5, 0.6) is 0 Å². The molecule has 0 saturated carbocycles. The molecule has 4 nitrogen and oxygen atoms in total. The zero-order chi connectivity index (χ0) is 19.9. The van der Waals surface area contributed by atoms with Crippen LogP contribution in [0.2, 0.25) is 0 Å². The van der Waals surface area contributed by atoms with E-state index in [0.717, 1.165) is 16.8 Å². The lowest BCUT2D eigenvalue weighted by atomic mass is 10.0. The monoisotopic (exact) mass is 370 g/mol. The predicted octanol–water partition coefficient (Wildman–Crippen LogP) is 5.12. The highest BCUT2D eigenvalue weighted by atomic mass is 16.2. The van der Waals surface area contributed by atoms with E-state index in [0.29, 0.717) is 11.3 Å². The average molecular weight is 370 g/mol. The summed E-state index contributed by atoms with van der Waals surface area (Å²) in [5, 5.41) is 5.85. The van der Waals surface area contributed by atoms with Gasteiger partial charge in [0.25, 0.3) is 5.91 Å². The molecule has 0 fully saturated rings. The molecule has 0 aliphatic rings. The number of Topliss-reactive ketones (excluding diaryl/α,β-unsaturated/α-hetero) is 1. The van der Waals surface area contributed by atoms with Crippen molar-refractivity contribution >= 4 is 23.1 Å². The van der Waals surface area contributed by atoms with Gasteiger partial charge in [0.2, 0.25) is 0 Å². The summed E-state index contributed by atoms with van der Waals surface area (Å²) in [6, 6.07) is 23.9. The third-order valence-corrected chi connectivity index (χ3v) is 4.27. The highest BCUT2D eigenvalue weighted by molar-refractivity contribution is 6.28. The van der Waals surface area contributed by atoms with Crippen molar-refractivity contribution in [1.82, 2.24) is 0 Å². The first-order chi connectivity index (χ1) is 13.5. The number of ketones is 1. The minimum absolute atomic E-state index is 0.0346. The number of nitrogens with one attached hydrogen (secondary N) is 2. The molecule has 0 aliphatic carbocycles. The molecule has 0 saturated heterocycles. The Labute approximate surface area is 164 Å². The number of amides is 1. The zero-order valence-electron chi connectivity index (χ0n) is 15.9. The molecule has 0 heterocycles. The Morgan fingerprint density at radius 1 is 0.714 bits per heavy atom. The fraction of sp³-hybridized carbons (Fsp3) is 0.0833. The Morgan fingerprint density at radius 2 is 1.25 bits per heavy atom. The number of carbonyl (C=O) groups is 2. The van der Waals surface area contributed by atoms with Crippen molar-refractivity contribution in [2.75, 3.05) is 10.6 Å². The van der Waals surface area contributed by atoms with Crippen LogP contribution in [0, 0.1) is 13.8 Å². The number of aryl methyl sites for hydroxylation is 2. The first-order valence-corrected chi connectivity index (χ1v) is 9.04. The maximum absolute atomic E-state index is 12.9. The minimum Gasteiger partial charge on any atom is -0.361 e. The molecule has 0 bridgehead atoms. The van der Waals surface area contributed by atoms with Gasteiger partial charge in [0.15, 0.2) is 5.78 Å². The van der Waals surface area contributed by atoms with Gasteiger partial charge in [0.1, 0.15) is 5.57 Å². The molecule has 0 unspecified atom stereocenters. The van der Waals surface area contributed by atoms with Gasteiger partial charge in [0, 0.05) is 23.1 Å². The van der Waals surface area contributed by atoms with Gasteiger partial charge in [-0.15, -0.1) is 0 Å². The van der Waals surface area contributed by atoms with Crippen molar-refractivity contribution < 1.29 is 9.59 Å². The number of carbonyl (C=O) groups excluding carboxylic acids is 2. The quantitative estimate of drug-likeness (QED) is 0.274. The molecule has 0 aliphatic heterocycles. The van der Waals surface area contributed by atoms with Gasteiger partial charge in [-0.2, -0.15) is 0 Å². The third-order valence-electron chi connectivity index (χ3n) is 4.27. The summed E-state index contributed by atoms with van der Waals surface area (Å²) in [7, 11) is 0. The summed E-state index contributed by atoms with van der Waals surface area (Å²) in [6.07, 6.45) is 1.46. The molecule has 3 aromatic carbocycles. The normalized spacial score (nSPS) is 11.0. The van der Waals surface area contributed by atoms with Crippen LogP contribution < -0.4 is 10.6 Å². The van der Waals surface area contributed by atoms with Crippen molar-refractivity contribution in [3.8, 4) is 0 Å². The second kappa shape index (κ2) is 8.82. The van der Waals surface area contributed by atoms with Gasteiger partial charge in [-0.3, -0.25) is 9.59 Å². The maximum Gasteiger partial charge on any atom is 0.261 e. The topological polar surface area (TPSA) is 58.2 Å². The molecule has 3 rings (SSSR count). The van der Waals surface area contributed by atoms with Crippen LogP contribution >= 0.6 is 0 Å². The van der Waals surface area contributed by atoms with E-state index in [1.54, 1.807) is 24.3 Å². The lowest BCUT2D eigenvalue weighted by Crippen LogP contribution is -2.21. The largest absolute Gasteiger partial charge is 0.361 e. The van der Waals surface area contributed by atoms with Crippen molar-refractivity contribution in [3.63, 3.8) is 0 Å². The Bertz CT molecular complexity index is 989. The molecular weight excluding hydrogens is 348 g/mol. The Kier molecular flexibility index (Phi) is 6.02. The van der Waals surface area contributed by atoms with E-state index in [-0.39, 0.29) is 11.4 Å². The van der Waals surface area contributed by atoms with Gasteiger partial charge in [-0.05, 0) is 38.1 Å². The highest BCUT2D eigenvalue weighted by Crippen LogP contribution is 2.15. The van der Waals surface area contributed by atoms with E-state index in [2.05, 4.69) is 10.6 Å². The molecule has 140 valence electrons. The van der Waals surface area contributed by atoms with Crippen molar-refractivity contribution in [3.05, 3.63) is 107 Å². The summed E-state index contributed by atoms with van der Waals surface area (Å²) in [5.41, 5.74) is 4.15. The van der Waals surface area contributed by atoms with E-state index in [9.17, 15) is 9.59 Å². The number of hydrogen-bond acceptors (Lipinski definition) is 3. The first-order valence-electron chi connectivity index (χ1n) is 9.04. The lowest BCUT2D eigenvalue weighted by Gasteiger charge is -2.10. The Morgan fingerprint density at radius 3 is 1.82 bits per heavy atom. The highest BCUT2D eigenvalue weighted by Gasteiger charge is 2.20. The molecule has 0 spiro atoms. The summed E-state index contributed by atoms with van der Waals surface area (Å²) in [6.45, 7) is 3.97. The van der Waals surface area contributed by atoms with Crippen molar-refractivity contribution in [2.24, 2.45) is 0 Å². The maximum atomic E-state index is 12.9. The van der Waals surface area contributed by atoms with Gasteiger partial charge in [-0.25, -0.2) is 0 Å². The fourth-order valence-electron chi connectivity index (χ4n) is 2.62. The molecule has 4 heteroatoms. The van der Waals surface area contributed by atoms with E-state index < -0.39 is 5.91 Å². The van der Waals surface area contributed by atoms with Gasteiger partial charge >= 0.3 is 0 Å².